The van der Waals surface area contributed by atoms with Gasteiger partial charge in [0.1, 0.15) is 11.5 Å². The zero-order chi connectivity index (χ0) is 11.4. The molecule has 0 aliphatic rings. The number of rotatable bonds is 3. The average molecular weight is 278 g/mol. The standard InChI is InChI=1S/C13H12BrNO/c14-11-6-10(9-15)7-13(8-11)16-12-4-2-1-3-5-12/h1-8H,9,15H2. The summed E-state index contributed by atoms with van der Waals surface area (Å²) >= 11 is 3.43. The quantitative estimate of drug-likeness (QED) is 0.929. The van der Waals surface area contributed by atoms with E-state index in [1.807, 2.05) is 48.5 Å². The lowest BCUT2D eigenvalue weighted by atomic mass is 10.2. The second kappa shape index (κ2) is 5.14. The van der Waals surface area contributed by atoms with Crippen LogP contribution in [0.2, 0.25) is 0 Å². The summed E-state index contributed by atoms with van der Waals surface area (Å²) in [5, 5.41) is 0. The van der Waals surface area contributed by atoms with E-state index in [2.05, 4.69) is 15.9 Å². The number of ether oxygens (including phenoxy) is 1. The minimum absolute atomic E-state index is 0.505. The summed E-state index contributed by atoms with van der Waals surface area (Å²) in [6.07, 6.45) is 0. The predicted octanol–water partition coefficient (Wildman–Crippen LogP) is 3.70. The van der Waals surface area contributed by atoms with Gasteiger partial charge in [-0.3, -0.25) is 0 Å². The van der Waals surface area contributed by atoms with Crippen LogP contribution >= 0.6 is 15.9 Å². The van der Waals surface area contributed by atoms with Crippen LogP contribution in [0.5, 0.6) is 11.5 Å². The molecule has 0 unspecified atom stereocenters. The molecule has 0 aliphatic carbocycles. The Labute approximate surface area is 103 Å². The fourth-order valence-corrected chi connectivity index (χ4v) is 1.94. The van der Waals surface area contributed by atoms with Gasteiger partial charge in [0.2, 0.25) is 0 Å². The van der Waals surface area contributed by atoms with Gasteiger partial charge in [0.05, 0.1) is 0 Å². The summed E-state index contributed by atoms with van der Waals surface area (Å²) in [5.41, 5.74) is 6.65. The molecular weight excluding hydrogens is 266 g/mol. The predicted molar refractivity (Wildman–Crippen MR) is 68.5 cm³/mol. The third-order valence-corrected chi connectivity index (χ3v) is 2.60. The Bertz CT molecular complexity index is 471. The zero-order valence-electron chi connectivity index (χ0n) is 8.69. The number of hydrogen-bond acceptors (Lipinski definition) is 2. The van der Waals surface area contributed by atoms with E-state index in [0.717, 1.165) is 21.5 Å². The van der Waals surface area contributed by atoms with Crippen molar-refractivity contribution in [1.82, 2.24) is 0 Å². The van der Waals surface area contributed by atoms with Gasteiger partial charge in [0.15, 0.2) is 0 Å². The van der Waals surface area contributed by atoms with Gasteiger partial charge in [0.25, 0.3) is 0 Å². The van der Waals surface area contributed by atoms with E-state index in [-0.39, 0.29) is 0 Å². The van der Waals surface area contributed by atoms with E-state index in [4.69, 9.17) is 10.5 Å². The van der Waals surface area contributed by atoms with E-state index in [1.165, 1.54) is 0 Å². The highest BCUT2D eigenvalue weighted by Gasteiger charge is 2.00. The van der Waals surface area contributed by atoms with E-state index < -0.39 is 0 Å². The summed E-state index contributed by atoms with van der Waals surface area (Å²) < 4.78 is 6.69. The third-order valence-electron chi connectivity index (χ3n) is 2.15. The van der Waals surface area contributed by atoms with Gasteiger partial charge in [-0.05, 0) is 35.9 Å². The van der Waals surface area contributed by atoms with Crippen molar-refractivity contribution in [3.63, 3.8) is 0 Å². The number of hydrogen-bond donors (Lipinski definition) is 1. The highest BCUT2D eigenvalue weighted by Crippen LogP contribution is 2.26. The van der Waals surface area contributed by atoms with Crippen LogP contribution in [0.15, 0.2) is 53.0 Å². The summed E-state index contributed by atoms with van der Waals surface area (Å²) in [6.45, 7) is 0.505. The van der Waals surface area contributed by atoms with Crippen LogP contribution in [0.4, 0.5) is 0 Å². The molecule has 2 nitrogen and oxygen atoms in total. The molecule has 0 heterocycles. The van der Waals surface area contributed by atoms with Crippen molar-refractivity contribution in [3.8, 4) is 11.5 Å². The smallest absolute Gasteiger partial charge is 0.128 e. The summed E-state index contributed by atoms with van der Waals surface area (Å²) in [7, 11) is 0. The summed E-state index contributed by atoms with van der Waals surface area (Å²) in [6, 6.07) is 15.5. The van der Waals surface area contributed by atoms with Crippen LogP contribution < -0.4 is 10.5 Å². The van der Waals surface area contributed by atoms with Crippen LogP contribution in [-0.2, 0) is 6.54 Å². The molecule has 2 aromatic carbocycles. The number of nitrogens with two attached hydrogens (primary N) is 1. The van der Waals surface area contributed by atoms with Gasteiger partial charge in [0, 0.05) is 11.0 Å². The lowest BCUT2D eigenvalue weighted by Gasteiger charge is -2.07. The highest BCUT2D eigenvalue weighted by atomic mass is 79.9. The van der Waals surface area contributed by atoms with Crippen molar-refractivity contribution in [2.45, 2.75) is 6.54 Å². The van der Waals surface area contributed by atoms with E-state index in [1.54, 1.807) is 0 Å². The molecule has 2 N–H and O–H groups in total. The maximum absolute atomic E-state index is 5.72. The van der Waals surface area contributed by atoms with Crippen molar-refractivity contribution in [3.05, 3.63) is 58.6 Å². The Kier molecular flexibility index (Phi) is 3.59. The first-order valence-electron chi connectivity index (χ1n) is 5.00. The van der Waals surface area contributed by atoms with Crippen LogP contribution in [0.1, 0.15) is 5.56 Å². The minimum atomic E-state index is 0.505. The topological polar surface area (TPSA) is 35.2 Å². The lowest BCUT2D eigenvalue weighted by molar-refractivity contribution is 0.481. The summed E-state index contributed by atoms with van der Waals surface area (Å²) in [5.74, 6) is 1.62. The first-order chi connectivity index (χ1) is 7.78. The Morgan fingerprint density at radius 2 is 1.75 bits per heavy atom. The molecule has 2 rings (SSSR count). The number of halogens is 1. The van der Waals surface area contributed by atoms with Crippen LogP contribution in [-0.4, -0.2) is 0 Å². The van der Waals surface area contributed by atoms with Crippen molar-refractivity contribution in [1.29, 1.82) is 0 Å². The molecule has 0 atom stereocenters. The van der Waals surface area contributed by atoms with Gasteiger partial charge in [-0.2, -0.15) is 0 Å². The van der Waals surface area contributed by atoms with Crippen molar-refractivity contribution in [2.75, 3.05) is 0 Å². The molecule has 0 aromatic heterocycles. The van der Waals surface area contributed by atoms with Gasteiger partial charge < -0.3 is 10.5 Å². The molecule has 0 aliphatic heterocycles. The fraction of sp³-hybridized carbons (Fsp3) is 0.0769. The molecule has 16 heavy (non-hydrogen) atoms. The van der Waals surface area contributed by atoms with Crippen molar-refractivity contribution in [2.24, 2.45) is 5.73 Å². The van der Waals surface area contributed by atoms with E-state index >= 15 is 0 Å². The molecule has 2 aromatic rings. The molecule has 0 bridgehead atoms. The second-order valence-corrected chi connectivity index (χ2v) is 4.33. The maximum Gasteiger partial charge on any atom is 0.128 e. The summed E-state index contributed by atoms with van der Waals surface area (Å²) in [4.78, 5) is 0. The number of benzene rings is 2. The molecule has 0 saturated heterocycles. The Morgan fingerprint density at radius 3 is 2.44 bits per heavy atom. The molecule has 0 radical (unpaired) electrons. The Morgan fingerprint density at radius 1 is 1.00 bits per heavy atom. The SMILES string of the molecule is NCc1cc(Br)cc(Oc2ccccc2)c1. The van der Waals surface area contributed by atoms with E-state index in [9.17, 15) is 0 Å². The highest BCUT2D eigenvalue weighted by molar-refractivity contribution is 9.10. The van der Waals surface area contributed by atoms with E-state index in [0.29, 0.717) is 6.54 Å². The Hall–Kier alpha value is -1.32. The van der Waals surface area contributed by atoms with Crippen LogP contribution in [0.25, 0.3) is 0 Å². The molecule has 0 fully saturated rings. The van der Waals surface area contributed by atoms with Gasteiger partial charge in [-0.25, -0.2) is 0 Å². The molecular formula is C13H12BrNO. The van der Waals surface area contributed by atoms with Gasteiger partial charge >= 0.3 is 0 Å². The van der Waals surface area contributed by atoms with Crippen molar-refractivity contribution >= 4 is 15.9 Å². The largest absolute Gasteiger partial charge is 0.457 e. The van der Waals surface area contributed by atoms with Gasteiger partial charge in [-0.15, -0.1) is 0 Å². The third kappa shape index (κ3) is 2.84. The molecule has 0 saturated carbocycles. The van der Waals surface area contributed by atoms with Crippen LogP contribution in [0.3, 0.4) is 0 Å². The molecule has 82 valence electrons. The lowest BCUT2D eigenvalue weighted by Crippen LogP contribution is -1.96. The molecule has 3 heteroatoms. The molecule has 0 spiro atoms. The maximum atomic E-state index is 5.72. The first kappa shape index (κ1) is 11.2. The van der Waals surface area contributed by atoms with Gasteiger partial charge in [-0.1, -0.05) is 34.1 Å². The fourth-order valence-electron chi connectivity index (χ4n) is 1.42. The van der Waals surface area contributed by atoms with Crippen LogP contribution in [0, 0.1) is 0 Å². The number of para-hydroxylation sites is 1. The minimum Gasteiger partial charge on any atom is -0.457 e. The first-order valence-corrected chi connectivity index (χ1v) is 5.79. The normalized spacial score (nSPS) is 10.1. The monoisotopic (exact) mass is 277 g/mol. The second-order valence-electron chi connectivity index (χ2n) is 3.41. The Balaban J connectivity index is 2.24. The average Bonchev–Trinajstić information content (AvgIpc) is 2.29. The zero-order valence-corrected chi connectivity index (χ0v) is 10.3. The van der Waals surface area contributed by atoms with Crippen molar-refractivity contribution < 1.29 is 4.74 Å². The molecule has 0 amide bonds.